The Morgan fingerprint density at radius 2 is 1.92 bits per heavy atom. The van der Waals surface area contributed by atoms with Gasteiger partial charge in [-0.3, -0.25) is 4.99 Å². The molecule has 0 radical (unpaired) electrons. The zero-order valence-electron chi connectivity index (χ0n) is 16.4. The largest absolute Gasteiger partial charge is 0.493 e. The smallest absolute Gasteiger partial charge is 0.195 e. The molecule has 0 heterocycles. The number of hydrogen-bond donors (Lipinski definition) is 3. The van der Waals surface area contributed by atoms with E-state index in [1.165, 1.54) is 0 Å². The van der Waals surface area contributed by atoms with Gasteiger partial charge in [0.25, 0.3) is 0 Å². The number of nitrogens with one attached hydrogen (secondary N) is 2. The van der Waals surface area contributed by atoms with Gasteiger partial charge in [-0.05, 0) is 31.9 Å². The number of aliphatic imine (C=N–C) groups is 1. The van der Waals surface area contributed by atoms with Crippen LogP contribution >= 0.6 is 24.0 Å². The van der Waals surface area contributed by atoms with Crippen LogP contribution in [0.1, 0.15) is 40.0 Å². The number of ether oxygens (including phenoxy) is 2. The van der Waals surface area contributed by atoms with Crippen molar-refractivity contribution in [2.75, 3.05) is 38.7 Å². The molecule has 0 bridgehead atoms. The second-order valence-electron chi connectivity index (χ2n) is 5.97. The van der Waals surface area contributed by atoms with Crippen LogP contribution in [0.15, 0.2) is 29.3 Å². The summed E-state index contributed by atoms with van der Waals surface area (Å²) in [6, 6.07) is 7.76. The lowest BCUT2D eigenvalue weighted by molar-refractivity contribution is 0.0419. The molecule has 0 unspecified atom stereocenters. The number of aliphatic hydroxyl groups is 1. The van der Waals surface area contributed by atoms with Crippen molar-refractivity contribution in [3.05, 3.63) is 24.3 Å². The van der Waals surface area contributed by atoms with Crippen LogP contribution in [0.2, 0.25) is 0 Å². The van der Waals surface area contributed by atoms with Gasteiger partial charge >= 0.3 is 0 Å². The number of guanidine groups is 1. The average Bonchev–Trinajstić information content (AvgIpc) is 2.63. The molecule has 0 saturated heterocycles. The summed E-state index contributed by atoms with van der Waals surface area (Å²) in [5, 5.41) is 16.9. The van der Waals surface area contributed by atoms with E-state index in [9.17, 15) is 5.11 Å². The highest BCUT2D eigenvalue weighted by Crippen LogP contribution is 2.18. The van der Waals surface area contributed by atoms with E-state index in [2.05, 4.69) is 15.6 Å². The molecule has 7 heteroatoms. The first-order chi connectivity index (χ1) is 12.1. The van der Waals surface area contributed by atoms with E-state index < -0.39 is 5.60 Å². The minimum absolute atomic E-state index is 0. The van der Waals surface area contributed by atoms with Crippen molar-refractivity contribution in [1.82, 2.24) is 5.32 Å². The molecular formula is C19H34IN3O3. The van der Waals surface area contributed by atoms with Crippen LogP contribution in [-0.2, 0) is 4.74 Å². The maximum absolute atomic E-state index is 10.4. The maximum Gasteiger partial charge on any atom is 0.195 e. The van der Waals surface area contributed by atoms with Gasteiger partial charge in [-0.25, -0.2) is 0 Å². The topological polar surface area (TPSA) is 75.1 Å². The molecule has 0 atom stereocenters. The molecule has 1 aromatic carbocycles. The highest BCUT2D eigenvalue weighted by Gasteiger charge is 2.21. The fourth-order valence-electron chi connectivity index (χ4n) is 2.20. The molecule has 3 N–H and O–H groups in total. The quantitative estimate of drug-likeness (QED) is 0.196. The fourth-order valence-corrected chi connectivity index (χ4v) is 2.20. The first-order valence-electron chi connectivity index (χ1n) is 9.06. The zero-order valence-corrected chi connectivity index (χ0v) is 18.7. The molecule has 26 heavy (non-hydrogen) atoms. The first-order valence-corrected chi connectivity index (χ1v) is 9.06. The number of halogens is 1. The van der Waals surface area contributed by atoms with Gasteiger partial charge in [-0.2, -0.15) is 0 Å². The summed E-state index contributed by atoms with van der Waals surface area (Å²) in [6.07, 6.45) is 2.21. The first kappa shape index (κ1) is 24.9. The van der Waals surface area contributed by atoms with E-state index in [0.29, 0.717) is 38.6 Å². The normalized spacial score (nSPS) is 11.7. The Labute approximate surface area is 174 Å². The van der Waals surface area contributed by atoms with Crippen LogP contribution in [0, 0.1) is 0 Å². The van der Waals surface area contributed by atoms with Crippen molar-refractivity contribution >= 4 is 35.6 Å². The van der Waals surface area contributed by atoms with Gasteiger partial charge in [0.2, 0.25) is 0 Å². The Morgan fingerprint density at radius 3 is 2.54 bits per heavy atom. The molecule has 0 aliphatic carbocycles. The molecular weight excluding hydrogens is 445 g/mol. The van der Waals surface area contributed by atoms with Gasteiger partial charge < -0.3 is 25.2 Å². The summed E-state index contributed by atoms with van der Waals surface area (Å²) in [6.45, 7) is 8.38. The third-order valence-corrected chi connectivity index (χ3v) is 4.05. The molecule has 150 valence electrons. The van der Waals surface area contributed by atoms with Crippen LogP contribution < -0.4 is 15.4 Å². The van der Waals surface area contributed by atoms with Crippen LogP contribution in [0.4, 0.5) is 5.69 Å². The fraction of sp³-hybridized carbons (Fsp3) is 0.632. The highest BCUT2D eigenvalue weighted by atomic mass is 127. The van der Waals surface area contributed by atoms with Gasteiger partial charge in [0.05, 0.1) is 18.8 Å². The summed E-state index contributed by atoms with van der Waals surface area (Å²) >= 11 is 0. The van der Waals surface area contributed by atoms with E-state index in [-0.39, 0.29) is 24.0 Å². The molecule has 0 aliphatic rings. The summed E-state index contributed by atoms with van der Waals surface area (Å²) in [4.78, 5) is 4.53. The maximum atomic E-state index is 10.4. The summed E-state index contributed by atoms with van der Waals surface area (Å²) in [5.41, 5.74) is 0.134. The van der Waals surface area contributed by atoms with Gasteiger partial charge in [0, 0.05) is 38.4 Å². The van der Waals surface area contributed by atoms with E-state index in [1.807, 2.05) is 45.0 Å². The van der Waals surface area contributed by atoms with Crippen molar-refractivity contribution in [1.29, 1.82) is 0 Å². The Morgan fingerprint density at radius 1 is 1.19 bits per heavy atom. The van der Waals surface area contributed by atoms with Crippen molar-refractivity contribution in [3.8, 4) is 5.75 Å². The third kappa shape index (κ3) is 9.59. The number of anilines is 1. The Bertz CT molecular complexity index is 523. The number of benzene rings is 1. The second kappa shape index (κ2) is 14.1. The molecule has 6 nitrogen and oxygen atoms in total. The Kier molecular flexibility index (Phi) is 13.5. The monoisotopic (exact) mass is 479 g/mol. The number of methoxy groups -OCH3 is 1. The molecule has 0 aliphatic heterocycles. The van der Waals surface area contributed by atoms with Gasteiger partial charge in [-0.15, -0.1) is 24.0 Å². The summed E-state index contributed by atoms with van der Waals surface area (Å²) in [5.74, 6) is 1.45. The van der Waals surface area contributed by atoms with Crippen LogP contribution in [0.5, 0.6) is 5.75 Å². The van der Waals surface area contributed by atoms with E-state index in [1.54, 1.807) is 7.11 Å². The Balaban J connectivity index is 0.00000625. The molecule has 0 spiro atoms. The van der Waals surface area contributed by atoms with Crippen LogP contribution in [0.3, 0.4) is 0 Å². The molecule has 1 rings (SSSR count). The number of rotatable bonds is 11. The third-order valence-electron chi connectivity index (χ3n) is 4.05. The zero-order chi connectivity index (χ0) is 18.5. The van der Waals surface area contributed by atoms with Gasteiger partial charge in [-0.1, -0.05) is 19.9 Å². The van der Waals surface area contributed by atoms with Crippen LogP contribution in [-0.4, -0.2) is 50.1 Å². The second-order valence-corrected chi connectivity index (χ2v) is 5.97. The lowest BCUT2D eigenvalue weighted by Gasteiger charge is -2.23. The molecule has 0 fully saturated rings. The summed E-state index contributed by atoms with van der Waals surface area (Å²) < 4.78 is 10.7. The Hall–Kier alpha value is -1.06. The van der Waals surface area contributed by atoms with Crippen molar-refractivity contribution in [3.63, 3.8) is 0 Å². The van der Waals surface area contributed by atoms with E-state index >= 15 is 0 Å². The summed E-state index contributed by atoms with van der Waals surface area (Å²) in [7, 11) is 1.68. The predicted molar refractivity (Wildman–Crippen MR) is 119 cm³/mol. The van der Waals surface area contributed by atoms with Gasteiger partial charge in [0.1, 0.15) is 5.75 Å². The molecule has 0 saturated carbocycles. The van der Waals surface area contributed by atoms with Crippen molar-refractivity contribution in [2.24, 2.45) is 4.99 Å². The SMILES string of the molecule is CCNC(=NCC(O)(CC)CC)Nc1cccc(OCCCOC)c1.I. The van der Waals surface area contributed by atoms with Gasteiger partial charge in [0.15, 0.2) is 5.96 Å². The molecule has 1 aromatic rings. The van der Waals surface area contributed by atoms with Crippen molar-refractivity contribution in [2.45, 2.75) is 45.6 Å². The van der Waals surface area contributed by atoms with Crippen molar-refractivity contribution < 1.29 is 14.6 Å². The van der Waals surface area contributed by atoms with Crippen LogP contribution in [0.25, 0.3) is 0 Å². The molecule has 0 aromatic heterocycles. The van der Waals surface area contributed by atoms with E-state index in [0.717, 1.165) is 24.4 Å². The predicted octanol–water partition coefficient (Wildman–Crippen LogP) is 3.65. The number of hydrogen-bond acceptors (Lipinski definition) is 4. The minimum atomic E-state index is -0.755. The standard InChI is InChI=1S/C19H33N3O3.HI/c1-5-19(23,6-2)15-21-18(20-7-3)22-16-10-8-11-17(14-16)25-13-9-12-24-4;/h8,10-11,14,23H,5-7,9,12-13,15H2,1-4H3,(H2,20,21,22);1H. The van der Waals surface area contributed by atoms with E-state index in [4.69, 9.17) is 9.47 Å². The highest BCUT2D eigenvalue weighted by molar-refractivity contribution is 14.0. The number of nitrogens with zero attached hydrogens (tertiary/aromatic N) is 1. The minimum Gasteiger partial charge on any atom is -0.493 e. The molecule has 0 amide bonds. The average molecular weight is 479 g/mol. The lowest BCUT2D eigenvalue weighted by atomic mass is 9.98. The lowest BCUT2D eigenvalue weighted by Crippen LogP contribution is -2.35.